The standard InChI is InChI=1S/C17H30N2O5S2/c18-4-6-20-7-8-21-9-10-22-11-12-23-13-14-24-15-16-25-26-17-3-1-2-5-19-17/h1-3,5H,4,6-16,18H2. The van der Waals surface area contributed by atoms with Crippen molar-refractivity contribution in [3.8, 4) is 0 Å². The second-order valence-electron chi connectivity index (χ2n) is 4.92. The highest BCUT2D eigenvalue weighted by molar-refractivity contribution is 8.76. The number of pyridine rings is 1. The third kappa shape index (κ3) is 15.8. The lowest BCUT2D eigenvalue weighted by Crippen LogP contribution is -2.15. The minimum absolute atomic E-state index is 0.540. The Balaban J connectivity index is 1.68. The van der Waals surface area contributed by atoms with Gasteiger partial charge in [-0.2, -0.15) is 0 Å². The van der Waals surface area contributed by atoms with Gasteiger partial charge in [-0.15, -0.1) is 0 Å². The predicted molar refractivity (Wildman–Crippen MR) is 106 cm³/mol. The highest BCUT2D eigenvalue weighted by Gasteiger charge is 1.96. The average molecular weight is 407 g/mol. The van der Waals surface area contributed by atoms with Crippen molar-refractivity contribution in [3.05, 3.63) is 24.4 Å². The zero-order chi connectivity index (χ0) is 18.5. The number of nitrogens with two attached hydrogens (primary N) is 1. The first-order valence-electron chi connectivity index (χ1n) is 8.72. The first-order chi connectivity index (χ1) is 12.9. The Morgan fingerprint density at radius 2 is 1.27 bits per heavy atom. The van der Waals surface area contributed by atoms with Crippen molar-refractivity contribution >= 4 is 21.6 Å². The summed E-state index contributed by atoms with van der Waals surface area (Å²) >= 11 is 0. The van der Waals surface area contributed by atoms with Gasteiger partial charge in [0.25, 0.3) is 0 Å². The van der Waals surface area contributed by atoms with E-state index in [1.165, 1.54) is 0 Å². The van der Waals surface area contributed by atoms with Crippen LogP contribution in [0, 0.1) is 0 Å². The minimum Gasteiger partial charge on any atom is -0.378 e. The Hall–Kier alpha value is -0.390. The highest BCUT2D eigenvalue weighted by Crippen LogP contribution is 2.28. The van der Waals surface area contributed by atoms with Gasteiger partial charge in [-0.25, -0.2) is 4.98 Å². The Bertz CT molecular complexity index is 404. The van der Waals surface area contributed by atoms with Crippen molar-refractivity contribution in [3.63, 3.8) is 0 Å². The van der Waals surface area contributed by atoms with Crippen LogP contribution in [0.1, 0.15) is 0 Å². The lowest BCUT2D eigenvalue weighted by molar-refractivity contribution is -0.00951. The zero-order valence-electron chi connectivity index (χ0n) is 15.2. The van der Waals surface area contributed by atoms with E-state index >= 15 is 0 Å². The monoisotopic (exact) mass is 406 g/mol. The van der Waals surface area contributed by atoms with Crippen LogP contribution in [-0.4, -0.2) is 83.4 Å². The zero-order valence-corrected chi connectivity index (χ0v) is 16.8. The molecule has 150 valence electrons. The molecule has 1 aromatic rings. The molecule has 0 atom stereocenters. The summed E-state index contributed by atoms with van der Waals surface area (Å²) in [5.74, 6) is 0.918. The van der Waals surface area contributed by atoms with Gasteiger partial charge in [-0.05, 0) is 22.9 Å². The fourth-order valence-corrected chi connectivity index (χ4v) is 3.40. The Kier molecular flexibility index (Phi) is 17.6. The first-order valence-corrected chi connectivity index (χ1v) is 11.0. The van der Waals surface area contributed by atoms with Crippen LogP contribution < -0.4 is 5.73 Å². The molecule has 7 nitrogen and oxygen atoms in total. The number of aromatic nitrogens is 1. The van der Waals surface area contributed by atoms with E-state index in [2.05, 4.69) is 4.98 Å². The molecule has 0 radical (unpaired) electrons. The first kappa shape index (κ1) is 23.6. The maximum absolute atomic E-state index is 5.51. The summed E-state index contributed by atoms with van der Waals surface area (Å²) in [5.41, 5.74) is 5.31. The van der Waals surface area contributed by atoms with E-state index < -0.39 is 0 Å². The molecule has 0 aromatic carbocycles. The average Bonchev–Trinajstić information content (AvgIpc) is 2.68. The predicted octanol–water partition coefficient (Wildman–Crippen LogP) is 1.86. The van der Waals surface area contributed by atoms with E-state index in [9.17, 15) is 0 Å². The minimum atomic E-state index is 0.540. The van der Waals surface area contributed by atoms with Crippen molar-refractivity contribution in [1.82, 2.24) is 4.98 Å². The molecule has 0 aliphatic heterocycles. The summed E-state index contributed by atoms with van der Waals surface area (Å²) in [7, 11) is 3.40. The molecule has 26 heavy (non-hydrogen) atoms. The summed E-state index contributed by atoms with van der Waals surface area (Å²) in [6, 6.07) is 5.90. The fraction of sp³-hybridized carbons (Fsp3) is 0.706. The van der Waals surface area contributed by atoms with Crippen LogP contribution in [0.3, 0.4) is 0 Å². The number of nitrogens with zero attached hydrogens (tertiary/aromatic N) is 1. The van der Waals surface area contributed by atoms with Crippen LogP contribution >= 0.6 is 21.6 Å². The summed E-state index contributed by atoms with van der Waals surface area (Å²) < 4.78 is 26.9. The third-order valence-corrected chi connectivity index (χ3v) is 5.07. The molecule has 0 spiro atoms. The molecule has 1 aromatic heterocycles. The van der Waals surface area contributed by atoms with E-state index in [1.807, 2.05) is 18.2 Å². The molecule has 0 aliphatic rings. The Morgan fingerprint density at radius 3 is 1.77 bits per heavy atom. The summed E-state index contributed by atoms with van der Waals surface area (Å²) in [5, 5.41) is 1.02. The lowest BCUT2D eigenvalue weighted by atomic mass is 10.5. The van der Waals surface area contributed by atoms with Crippen LogP contribution in [0.15, 0.2) is 29.4 Å². The van der Waals surface area contributed by atoms with E-state index in [1.54, 1.807) is 27.8 Å². The smallest absolute Gasteiger partial charge is 0.106 e. The van der Waals surface area contributed by atoms with Crippen LogP contribution in [0.4, 0.5) is 0 Å². The number of hydrogen-bond donors (Lipinski definition) is 1. The van der Waals surface area contributed by atoms with Crippen LogP contribution in [0.2, 0.25) is 0 Å². The van der Waals surface area contributed by atoms with E-state index in [-0.39, 0.29) is 0 Å². The molecule has 2 N–H and O–H groups in total. The second kappa shape index (κ2) is 19.4. The molecule has 0 saturated carbocycles. The number of hydrogen-bond acceptors (Lipinski definition) is 9. The number of rotatable bonds is 19. The molecule has 0 aliphatic carbocycles. The summed E-state index contributed by atoms with van der Waals surface area (Å²) in [6.07, 6.45) is 1.80. The molecule has 1 heterocycles. The molecule has 0 amide bonds. The molecule has 0 fully saturated rings. The van der Waals surface area contributed by atoms with Crippen LogP contribution in [0.25, 0.3) is 0 Å². The van der Waals surface area contributed by atoms with Crippen molar-refractivity contribution < 1.29 is 23.7 Å². The van der Waals surface area contributed by atoms with E-state index in [4.69, 9.17) is 29.4 Å². The quantitative estimate of drug-likeness (QED) is 0.273. The van der Waals surface area contributed by atoms with Gasteiger partial charge in [0.15, 0.2) is 0 Å². The van der Waals surface area contributed by atoms with Gasteiger partial charge in [-0.1, -0.05) is 16.9 Å². The van der Waals surface area contributed by atoms with Gasteiger partial charge in [0.1, 0.15) is 5.03 Å². The third-order valence-electron chi connectivity index (χ3n) is 2.84. The fourth-order valence-electron chi connectivity index (χ4n) is 1.66. The molecule has 0 saturated heterocycles. The van der Waals surface area contributed by atoms with Crippen molar-refractivity contribution in [2.45, 2.75) is 5.03 Å². The molecule has 1 rings (SSSR count). The SMILES string of the molecule is NCCOCCOCCOCCOCCOCCSSc1ccccn1. The Labute approximate surface area is 164 Å². The van der Waals surface area contributed by atoms with Gasteiger partial charge < -0.3 is 29.4 Å². The van der Waals surface area contributed by atoms with E-state index in [0.717, 1.165) is 10.8 Å². The molecule has 0 bridgehead atoms. The maximum Gasteiger partial charge on any atom is 0.106 e. The normalized spacial score (nSPS) is 11.1. The number of ether oxygens (including phenoxy) is 5. The van der Waals surface area contributed by atoms with Crippen LogP contribution in [0.5, 0.6) is 0 Å². The van der Waals surface area contributed by atoms with Gasteiger partial charge in [0, 0.05) is 18.5 Å². The van der Waals surface area contributed by atoms with Gasteiger partial charge in [-0.3, -0.25) is 0 Å². The molecular weight excluding hydrogens is 376 g/mol. The second-order valence-corrected chi connectivity index (χ2v) is 7.36. The van der Waals surface area contributed by atoms with Crippen molar-refractivity contribution in [2.75, 3.05) is 78.4 Å². The lowest BCUT2D eigenvalue weighted by Gasteiger charge is -2.07. The largest absolute Gasteiger partial charge is 0.378 e. The van der Waals surface area contributed by atoms with Gasteiger partial charge >= 0.3 is 0 Å². The van der Waals surface area contributed by atoms with Crippen molar-refractivity contribution in [1.29, 1.82) is 0 Å². The highest BCUT2D eigenvalue weighted by atomic mass is 33.1. The molecule has 0 unspecified atom stereocenters. The topological polar surface area (TPSA) is 85.1 Å². The summed E-state index contributed by atoms with van der Waals surface area (Å²) in [4.78, 5) is 4.24. The van der Waals surface area contributed by atoms with Gasteiger partial charge in [0.2, 0.25) is 0 Å². The van der Waals surface area contributed by atoms with Gasteiger partial charge in [0.05, 0.1) is 66.1 Å². The van der Waals surface area contributed by atoms with Crippen LogP contribution in [-0.2, 0) is 23.7 Å². The summed E-state index contributed by atoms with van der Waals surface area (Å²) in [6.45, 7) is 6.37. The van der Waals surface area contributed by atoms with E-state index in [0.29, 0.717) is 72.6 Å². The molecule has 9 heteroatoms. The van der Waals surface area contributed by atoms with Crippen molar-refractivity contribution in [2.24, 2.45) is 5.73 Å². The molecular formula is C17H30N2O5S2. The maximum atomic E-state index is 5.51. The Morgan fingerprint density at radius 1 is 0.731 bits per heavy atom.